The van der Waals surface area contributed by atoms with Gasteiger partial charge in [0.05, 0.1) is 23.6 Å². The number of Topliss-reactive ketones (excluding diaryl/α,β-unsaturated/α-hetero) is 2. The predicted octanol–water partition coefficient (Wildman–Crippen LogP) is -1.18. The molecule has 32 heavy (non-hydrogen) atoms. The Bertz CT molecular complexity index is 1070. The second-order valence-corrected chi connectivity index (χ2v) is 9.14. The number of amides is 1. The molecule has 0 aromatic heterocycles. The summed E-state index contributed by atoms with van der Waals surface area (Å²) in [6.45, 7) is 1.71. The van der Waals surface area contributed by atoms with Gasteiger partial charge in [0, 0.05) is 11.8 Å². The molecule has 0 spiro atoms. The highest BCUT2D eigenvalue weighted by Crippen LogP contribution is 2.56. The summed E-state index contributed by atoms with van der Waals surface area (Å²) in [5.74, 6) is -8.75. The Morgan fingerprint density at radius 3 is 2.31 bits per heavy atom. The Kier molecular flexibility index (Phi) is 4.98. The van der Waals surface area contributed by atoms with E-state index in [9.17, 15) is 39.9 Å². The molecule has 0 bridgehead atoms. The number of primary amides is 1. The summed E-state index contributed by atoms with van der Waals surface area (Å²) in [4.78, 5) is 39.8. The lowest BCUT2D eigenvalue weighted by atomic mass is 9.50. The first kappa shape index (κ1) is 22.4. The number of carbonyl (C=O) groups is 3. The summed E-state index contributed by atoms with van der Waals surface area (Å²) in [5, 5.41) is 55.4. The molecule has 3 aliphatic carbocycles. The van der Waals surface area contributed by atoms with E-state index in [4.69, 9.17) is 5.73 Å². The zero-order chi connectivity index (χ0) is 23.9. The molecule has 7 N–H and O–H groups in total. The Balaban J connectivity index is 1.99. The summed E-state index contributed by atoms with van der Waals surface area (Å²) in [5.41, 5.74) is 2.13. The third kappa shape index (κ3) is 2.57. The van der Waals surface area contributed by atoms with Gasteiger partial charge < -0.3 is 31.3 Å². The molecule has 172 valence electrons. The number of nitrogens with zero attached hydrogens (tertiary/aromatic N) is 1. The largest absolute Gasteiger partial charge is 0.508 e. The van der Waals surface area contributed by atoms with Gasteiger partial charge in [-0.25, -0.2) is 0 Å². The number of phenolic OH excluding ortho intramolecular Hbond substituents is 1. The van der Waals surface area contributed by atoms with E-state index in [2.05, 4.69) is 0 Å². The van der Waals surface area contributed by atoms with Crippen LogP contribution < -0.4 is 5.73 Å². The SMILES string of the molecule is C[C@H]1c2cccc(O)c2C(=O)[C@H]2[C@@H]1[C@H](O)[C@@H]1[C@H](N(C)C)C(=O)C(C(N)=O)=C(O)[C@@]1(O)[C@@H]2O. The minimum absolute atomic E-state index is 0.0378. The third-order valence-corrected chi connectivity index (χ3v) is 7.44. The maximum atomic E-state index is 13.4. The number of phenols is 1. The molecule has 3 aliphatic rings. The van der Waals surface area contributed by atoms with E-state index in [0.717, 1.165) is 0 Å². The van der Waals surface area contributed by atoms with E-state index in [-0.39, 0.29) is 11.3 Å². The van der Waals surface area contributed by atoms with Gasteiger partial charge in [-0.15, -0.1) is 0 Å². The van der Waals surface area contributed by atoms with Gasteiger partial charge in [-0.2, -0.15) is 0 Å². The number of ketones is 2. The van der Waals surface area contributed by atoms with E-state index >= 15 is 0 Å². The van der Waals surface area contributed by atoms with Crippen molar-refractivity contribution in [1.82, 2.24) is 4.90 Å². The van der Waals surface area contributed by atoms with Gasteiger partial charge in [0.1, 0.15) is 23.2 Å². The molecule has 1 saturated carbocycles. The van der Waals surface area contributed by atoms with Crippen molar-refractivity contribution in [2.45, 2.75) is 36.7 Å². The number of carbonyl (C=O) groups excluding carboxylic acids is 3. The fourth-order valence-corrected chi connectivity index (χ4v) is 6.05. The number of hydrogen-bond donors (Lipinski definition) is 6. The van der Waals surface area contributed by atoms with Crippen molar-refractivity contribution in [3.8, 4) is 5.75 Å². The van der Waals surface area contributed by atoms with Crippen LogP contribution in [0, 0.1) is 17.8 Å². The van der Waals surface area contributed by atoms with Crippen LogP contribution in [0.3, 0.4) is 0 Å². The number of rotatable bonds is 2. The molecule has 0 radical (unpaired) electrons. The molecular formula is C22H26N2O8. The second kappa shape index (κ2) is 7.11. The minimum atomic E-state index is -2.70. The molecule has 4 rings (SSSR count). The Morgan fingerprint density at radius 1 is 1.12 bits per heavy atom. The zero-order valence-electron chi connectivity index (χ0n) is 17.8. The number of likely N-dealkylation sites (N-methyl/N-ethyl adjacent to an activating group) is 1. The topological polar surface area (TPSA) is 182 Å². The Labute approximate surface area is 183 Å². The van der Waals surface area contributed by atoms with Crippen molar-refractivity contribution in [1.29, 1.82) is 0 Å². The van der Waals surface area contributed by atoms with Crippen LogP contribution in [-0.2, 0) is 9.59 Å². The smallest absolute Gasteiger partial charge is 0.255 e. The average Bonchev–Trinajstić information content (AvgIpc) is 2.70. The van der Waals surface area contributed by atoms with Gasteiger partial charge in [-0.1, -0.05) is 19.1 Å². The molecule has 1 aromatic carbocycles. The van der Waals surface area contributed by atoms with Crippen molar-refractivity contribution in [2.24, 2.45) is 23.5 Å². The van der Waals surface area contributed by atoms with Gasteiger partial charge in [0.15, 0.2) is 17.2 Å². The molecule has 0 unspecified atom stereocenters. The highest BCUT2D eigenvalue weighted by Gasteiger charge is 2.70. The van der Waals surface area contributed by atoms with E-state index in [1.165, 1.54) is 25.1 Å². The lowest BCUT2D eigenvalue weighted by molar-refractivity contribution is -0.221. The normalized spacial score (nSPS) is 38.9. The quantitative estimate of drug-likeness (QED) is 0.305. The molecule has 10 heteroatoms. The van der Waals surface area contributed by atoms with Crippen LogP contribution >= 0.6 is 0 Å². The minimum Gasteiger partial charge on any atom is -0.508 e. The van der Waals surface area contributed by atoms with Gasteiger partial charge in [-0.3, -0.25) is 19.3 Å². The molecule has 0 aliphatic heterocycles. The molecule has 8 atom stereocenters. The Morgan fingerprint density at radius 2 is 1.75 bits per heavy atom. The van der Waals surface area contributed by atoms with Crippen LogP contribution in [0.15, 0.2) is 29.5 Å². The maximum Gasteiger partial charge on any atom is 0.255 e. The van der Waals surface area contributed by atoms with Crippen LogP contribution in [-0.4, -0.2) is 85.9 Å². The van der Waals surface area contributed by atoms with Gasteiger partial charge >= 0.3 is 0 Å². The van der Waals surface area contributed by atoms with Crippen molar-refractivity contribution in [2.75, 3.05) is 14.1 Å². The fraction of sp³-hybridized carbons (Fsp3) is 0.500. The monoisotopic (exact) mass is 446 g/mol. The molecule has 1 fully saturated rings. The number of hydrogen-bond acceptors (Lipinski definition) is 9. The van der Waals surface area contributed by atoms with Crippen LogP contribution in [0.2, 0.25) is 0 Å². The average molecular weight is 446 g/mol. The van der Waals surface area contributed by atoms with Crippen LogP contribution in [0.1, 0.15) is 28.8 Å². The number of aromatic hydroxyl groups is 1. The summed E-state index contributed by atoms with van der Waals surface area (Å²) < 4.78 is 0. The van der Waals surface area contributed by atoms with Crippen molar-refractivity contribution < 1.29 is 39.9 Å². The first-order valence-corrected chi connectivity index (χ1v) is 10.3. The summed E-state index contributed by atoms with van der Waals surface area (Å²) in [6.07, 6.45) is -3.52. The molecule has 10 nitrogen and oxygen atoms in total. The van der Waals surface area contributed by atoms with Crippen LogP contribution in [0.25, 0.3) is 0 Å². The fourth-order valence-electron chi connectivity index (χ4n) is 6.05. The number of aliphatic hydroxyl groups is 4. The lowest BCUT2D eigenvalue weighted by Crippen LogP contribution is -2.74. The zero-order valence-corrected chi connectivity index (χ0v) is 17.8. The Hall–Kier alpha value is -2.79. The summed E-state index contributed by atoms with van der Waals surface area (Å²) in [6, 6.07) is 3.19. The third-order valence-electron chi connectivity index (χ3n) is 7.44. The standard InChI is InChI=1S/C22H26N2O8/c1-7-8-5-4-6-9(25)11(8)16(26)12-10(7)17(27)14-15(24(2)3)18(28)13(21(23)31)20(30)22(14,32)19(12)29/h4-7,10,12,14-15,17,19,25,27,29-30,32H,1-3H3,(H2,23,31)/t7-,10+,12+,14-,15-,17-,19+,22-/m0/s1. The first-order valence-electron chi connectivity index (χ1n) is 10.3. The highest BCUT2D eigenvalue weighted by molar-refractivity contribution is 6.22. The van der Waals surface area contributed by atoms with E-state index in [0.29, 0.717) is 5.56 Å². The first-order chi connectivity index (χ1) is 14.9. The van der Waals surface area contributed by atoms with Gasteiger partial charge in [0.25, 0.3) is 5.91 Å². The van der Waals surface area contributed by atoms with Crippen molar-refractivity contribution >= 4 is 17.5 Å². The summed E-state index contributed by atoms with van der Waals surface area (Å²) >= 11 is 0. The number of fused-ring (bicyclic) bond motifs is 3. The number of aliphatic hydroxyl groups excluding tert-OH is 3. The molecule has 1 amide bonds. The summed E-state index contributed by atoms with van der Waals surface area (Å²) in [7, 11) is 2.97. The molecular weight excluding hydrogens is 420 g/mol. The lowest BCUT2D eigenvalue weighted by Gasteiger charge is -2.58. The number of nitrogens with two attached hydrogens (primary N) is 1. The highest BCUT2D eigenvalue weighted by atomic mass is 16.4. The van der Waals surface area contributed by atoms with Crippen LogP contribution in [0.5, 0.6) is 5.75 Å². The van der Waals surface area contributed by atoms with Gasteiger partial charge in [0.2, 0.25) is 0 Å². The maximum absolute atomic E-state index is 13.4. The second-order valence-electron chi connectivity index (χ2n) is 9.14. The van der Waals surface area contributed by atoms with E-state index in [1.807, 2.05) is 0 Å². The molecule has 0 heterocycles. The van der Waals surface area contributed by atoms with Crippen molar-refractivity contribution in [3.05, 3.63) is 40.7 Å². The molecule has 0 saturated heterocycles. The predicted molar refractivity (Wildman–Crippen MR) is 110 cm³/mol. The molecule has 1 aromatic rings. The van der Waals surface area contributed by atoms with Gasteiger partial charge in [-0.05, 0) is 31.6 Å². The van der Waals surface area contributed by atoms with E-state index in [1.54, 1.807) is 19.1 Å². The van der Waals surface area contributed by atoms with Crippen molar-refractivity contribution in [3.63, 3.8) is 0 Å². The number of benzene rings is 1. The van der Waals surface area contributed by atoms with Crippen LogP contribution in [0.4, 0.5) is 0 Å². The van der Waals surface area contributed by atoms with E-state index < -0.39 is 76.3 Å².